The van der Waals surface area contributed by atoms with Gasteiger partial charge in [-0.1, -0.05) is 0 Å². The van der Waals surface area contributed by atoms with Crippen molar-refractivity contribution in [2.45, 2.75) is 0 Å². The average Bonchev–Trinajstić information content (AvgIpc) is 1.41. The van der Waals surface area contributed by atoms with Crippen molar-refractivity contribution in [3.05, 3.63) is 0 Å². The van der Waals surface area contributed by atoms with Crippen LogP contribution in [-0.2, 0) is 0 Å². The molecule has 2 radical (unpaired) electrons. The summed E-state index contributed by atoms with van der Waals surface area (Å²) in [6.07, 6.45) is 0. The standard InChI is InChI=1S/B2H5N3/c3-1-5-2-4/h5H,3-4H2. The lowest BCUT2D eigenvalue weighted by atomic mass is 10.1. The van der Waals surface area contributed by atoms with Gasteiger partial charge in [-0.25, -0.2) is 0 Å². The lowest BCUT2D eigenvalue weighted by Crippen LogP contribution is -2.35. The summed E-state index contributed by atoms with van der Waals surface area (Å²) in [5.74, 6) is 0. The van der Waals surface area contributed by atoms with Gasteiger partial charge >= 0.3 is 0 Å². The minimum atomic E-state index is 1.25. The Kier molecular flexibility index (Phi) is 4.02. The summed E-state index contributed by atoms with van der Waals surface area (Å²) in [5.41, 5.74) is 9.58. The smallest absolute Gasteiger partial charge is 0.292 e. The minimum Gasteiger partial charge on any atom is -0.378 e. The van der Waals surface area contributed by atoms with Gasteiger partial charge in [0.15, 0.2) is 0 Å². The molecule has 0 aromatic rings. The zero-order valence-electron chi connectivity index (χ0n) is 2.81. The molecular weight excluding hydrogens is 63.6 g/mol. The molecule has 0 aromatic heterocycles. The van der Waals surface area contributed by atoms with E-state index in [-0.39, 0.29) is 0 Å². The molecule has 0 fully saturated rings. The van der Waals surface area contributed by atoms with E-state index < -0.39 is 0 Å². The fraction of sp³-hybridized carbons (Fsp3) is 0. The molecule has 0 heterocycles. The maximum absolute atomic E-state index is 4.79. The predicted octanol–water partition coefficient (Wildman–Crippen LogP) is -2.44. The number of rotatable bonds is 2. The molecule has 5 N–H and O–H groups in total. The second kappa shape index (κ2) is 4.01. The van der Waals surface area contributed by atoms with Crippen LogP contribution in [0.2, 0.25) is 0 Å². The first-order chi connectivity index (χ1) is 2.41. The van der Waals surface area contributed by atoms with Crippen LogP contribution in [-0.4, -0.2) is 15.1 Å². The summed E-state index contributed by atoms with van der Waals surface area (Å²) in [6.45, 7) is 0. The Bertz CT molecular complexity index is 12.4. The van der Waals surface area contributed by atoms with E-state index >= 15 is 0 Å². The first-order valence-electron chi connectivity index (χ1n) is 1.24. The van der Waals surface area contributed by atoms with E-state index in [1.54, 1.807) is 0 Å². The SMILES string of the molecule is N[B]N[B]N. The third-order valence-corrected chi connectivity index (χ3v) is 0.192. The van der Waals surface area contributed by atoms with E-state index in [0.29, 0.717) is 0 Å². The maximum Gasteiger partial charge on any atom is 0.292 e. The Morgan fingerprint density at radius 2 is 1.60 bits per heavy atom. The summed E-state index contributed by atoms with van der Waals surface area (Å²) in [4.78, 5) is 0. The van der Waals surface area contributed by atoms with E-state index in [4.69, 9.17) is 11.3 Å². The highest BCUT2D eigenvalue weighted by molar-refractivity contribution is 6.46. The fourth-order valence-corrected chi connectivity index (χ4v) is 0.0556. The molecule has 0 amide bonds. The summed E-state index contributed by atoms with van der Waals surface area (Å²) in [6, 6.07) is 0. The van der Waals surface area contributed by atoms with Gasteiger partial charge < -0.3 is 16.4 Å². The van der Waals surface area contributed by atoms with E-state index in [0.717, 1.165) is 0 Å². The molecule has 0 saturated heterocycles. The monoisotopic (exact) mass is 69.1 g/mol. The molecule has 3 nitrogen and oxygen atoms in total. The Morgan fingerprint density at radius 1 is 1.20 bits per heavy atom. The van der Waals surface area contributed by atoms with Gasteiger partial charge in [0.25, 0.3) is 15.1 Å². The second-order valence-electron chi connectivity index (χ2n) is 0.500. The van der Waals surface area contributed by atoms with Crippen LogP contribution in [0.5, 0.6) is 0 Å². The van der Waals surface area contributed by atoms with E-state index in [1.165, 1.54) is 15.1 Å². The van der Waals surface area contributed by atoms with Gasteiger partial charge in [0, 0.05) is 0 Å². The highest BCUT2D eigenvalue weighted by Crippen LogP contribution is 1.15. The minimum absolute atomic E-state index is 1.25. The quantitative estimate of drug-likeness (QED) is 0.315. The second-order valence-corrected chi connectivity index (χ2v) is 0.500. The fourth-order valence-electron chi connectivity index (χ4n) is 0.0556. The molecule has 0 aliphatic rings. The normalized spacial score (nSPS) is 6.80. The Morgan fingerprint density at radius 3 is 1.60 bits per heavy atom. The Hall–Kier alpha value is 0.00987. The van der Waals surface area contributed by atoms with Crippen LogP contribution in [0.4, 0.5) is 0 Å². The third-order valence-electron chi connectivity index (χ3n) is 0.192. The zero-order valence-corrected chi connectivity index (χ0v) is 2.81. The molecule has 0 bridgehead atoms. The highest BCUT2D eigenvalue weighted by atomic mass is 14.8. The number of nitrogens with two attached hydrogens (primary N) is 2. The van der Waals surface area contributed by atoms with Gasteiger partial charge in [-0.3, -0.25) is 0 Å². The van der Waals surface area contributed by atoms with Gasteiger partial charge in [-0.05, 0) is 0 Å². The lowest BCUT2D eigenvalue weighted by Gasteiger charge is -1.80. The number of nitrogens with one attached hydrogen (secondary N) is 1. The van der Waals surface area contributed by atoms with Crippen LogP contribution >= 0.6 is 0 Å². The highest BCUT2D eigenvalue weighted by Gasteiger charge is 1.73. The number of hydrogen-bond acceptors (Lipinski definition) is 3. The van der Waals surface area contributed by atoms with Crippen LogP contribution in [0, 0.1) is 0 Å². The maximum atomic E-state index is 4.79. The average molecular weight is 68.7 g/mol. The van der Waals surface area contributed by atoms with Gasteiger partial charge in [-0.2, -0.15) is 0 Å². The Balaban J connectivity index is 2.19. The first kappa shape index (κ1) is 5.01. The predicted molar refractivity (Wildman–Crippen MR) is 23.0 cm³/mol. The van der Waals surface area contributed by atoms with Crippen LogP contribution in [0.3, 0.4) is 0 Å². The molecule has 0 aliphatic heterocycles. The van der Waals surface area contributed by atoms with Crippen LogP contribution in [0.1, 0.15) is 0 Å². The molecular formula is H5B2N3. The van der Waals surface area contributed by atoms with Crippen LogP contribution in [0.25, 0.3) is 0 Å². The number of hydrogen-bond donors (Lipinski definition) is 3. The van der Waals surface area contributed by atoms with Gasteiger partial charge in [-0.15, -0.1) is 0 Å². The summed E-state index contributed by atoms with van der Waals surface area (Å²) in [7, 11) is 2.50. The summed E-state index contributed by atoms with van der Waals surface area (Å²) in [5, 5.41) is 2.42. The first-order valence-corrected chi connectivity index (χ1v) is 1.24. The molecule has 0 aliphatic carbocycles. The molecule has 5 heavy (non-hydrogen) atoms. The van der Waals surface area contributed by atoms with Crippen molar-refractivity contribution < 1.29 is 0 Å². The molecule has 0 saturated carbocycles. The lowest BCUT2D eigenvalue weighted by molar-refractivity contribution is 1.50. The van der Waals surface area contributed by atoms with Crippen molar-refractivity contribution in [3.63, 3.8) is 0 Å². The topological polar surface area (TPSA) is 64.1 Å². The summed E-state index contributed by atoms with van der Waals surface area (Å²) < 4.78 is 0. The van der Waals surface area contributed by atoms with Gasteiger partial charge in [0.1, 0.15) is 0 Å². The molecule has 0 atom stereocenters. The van der Waals surface area contributed by atoms with E-state index in [2.05, 4.69) is 5.14 Å². The van der Waals surface area contributed by atoms with Crippen LogP contribution < -0.4 is 16.4 Å². The third kappa shape index (κ3) is 4.01. The van der Waals surface area contributed by atoms with E-state index in [1.807, 2.05) is 0 Å². The molecule has 0 spiro atoms. The van der Waals surface area contributed by atoms with Gasteiger partial charge in [0.05, 0.1) is 0 Å². The molecule has 26 valence electrons. The van der Waals surface area contributed by atoms with Crippen molar-refractivity contribution in [1.29, 1.82) is 0 Å². The van der Waals surface area contributed by atoms with Crippen molar-refractivity contribution in [2.75, 3.05) is 0 Å². The Labute approximate surface area is 32.7 Å². The molecule has 0 aromatic carbocycles. The molecule has 0 unspecified atom stereocenters. The zero-order chi connectivity index (χ0) is 4.12. The largest absolute Gasteiger partial charge is 0.378 e. The van der Waals surface area contributed by atoms with Gasteiger partial charge in [0.2, 0.25) is 0 Å². The van der Waals surface area contributed by atoms with E-state index in [9.17, 15) is 0 Å². The molecule has 0 rings (SSSR count). The van der Waals surface area contributed by atoms with Crippen molar-refractivity contribution in [1.82, 2.24) is 5.14 Å². The summed E-state index contributed by atoms with van der Waals surface area (Å²) >= 11 is 0. The van der Waals surface area contributed by atoms with Crippen LogP contribution in [0.15, 0.2) is 0 Å². The van der Waals surface area contributed by atoms with Crippen molar-refractivity contribution >= 4 is 15.1 Å². The van der Waals surface area contributed by atoms with Crippen molar-refractivity contribution in [3.8, 4) is 0 Å². The molecule has 5 heteroatoms. The van der Waals surface area contributed by atoms with Crippen molar-refractivity contribution in [2.24, 2.45) is 11.3 Å².